The van der Waals surface area contributed by atoms with Crippen molar-refractivity contribution in [2.75, 3.05) is 19.6 Å². The van der Waals surface area contributed by atoms with Gasteiger partial charge in [0.25, 0.3) is 0 Å². The second kappa shape index (κ2) is 5.03. The summed E-state index contributed by atoms with van der Waals surface area (Å²) in [6.45, 7) is 5.01. The fraction of sp³-hybridized carbons (Fsp3) is 1.00. The Bertz CT molecular complexity index is 230. The van der Waals surface area contributed by atoms with E-state index in [2.05, 4.69) is 4.90 Å². The number of nitrogens with zero attached hydrogens (tertiary/aromatic N) is 1. The Labute approximate surface area is 99.0 Å². The van der Waals surface area contributed by atoms with Gasteiger partial charge in [0.15, 0.2) is 0 Å². The average molecular weight is 226 g/mol. The van der Waals surface area contributed by atoms with Gasteiger partial charge >= 0.3 is 0 Å². The van der Waals surface area contributed by atoms with Crippen LogP contribution in [0.1, 0.15) is 45.4 Å². The normalized spacial score (nSPS) is 42.2. The Hall–Kier alpha value is -0.120. The van der Waals surface area contributed by atoms with Crippen LogP contribution in [-0.2, 0) is 0 Å². The number of likely N-dealkylation sites (tertiary alicyclic amines) is 1. The largest absolute Gasteiger partial charge is 0.390 e. The first-order chi connectivity index (χ1) is 7.62. The van der Waals surface area contributed by atoms with E-state index in [1.165, 1.54) is 19.3 Å². The van der Waals surface area contributed by atoms with E-state index >= 15 is 0 Å². The maximum Gasteiger partial charge on any atom is 0.0632 e. The van der Waals surface area contributed by atoms with E-state index in [1.54, 1.807) is 0 Å². The van der Waals surface area contributed by atoms with Gasteiger partial charge in [0.05, 0.1) is 5.60 Å². The summed E-state index contributed by atoms with van der Waals surface area (Å²) in [7, 11) is 0. The van der Waals surface area contributed by atoms with Crippen molar-refractivity contribution in [1.82, 2.24) is 4.90 Å². The van der Waals surface area contributed by atoms with Gasteiger partial charge in [-0.15, -0.1) is 0 Å². The molecule has 1 aliphatic carbocycles. The molecule has 0 aromatic heterocycles. The average Bonchev–Trinajstić information content (AvgIpc) is 2.63. The number of nitrogens with two attached hydrogens (primary N) is 1. The minimum atomic E-state index is -0.439. The Morgan fingerprint density at radius 3 is 2.81 bits per heavy atom. The van der Waals surface area contributed by atoms with Crippen LogP contribution in [0.5, 0.6) is 0 Å². The molecule has 2 rings (SSSR count). The zero-order valence-corrected chi connectivity index (χ0v) is 10.5. The van der Waals surface area contributed by atoms with Crippen LogP contribution in [0.25, 0.3) is 0 Å². The monoisotopic (exact) mass is 226 g/mol. The predicted molar refractivity (Wildman–Crippen MR) is 66.2 cm³/mol. The summed E-state index contributed by atoms with van der Waals surface area (Å²) in [5.41, 5.74) is 5.41. The summed E-state index contributed by atoms with van der Waals surface area (Å²) in [6.07, 6.45) is 6.93. The maximum absolute atomic E-state index is 10.1. The van der Waals surface area contributed by atoms with Crippen LogP contribution >= 0.6 is 0 Å². The molecule has 1 aliphatic heterocycles. The predicted octanol–water partition coefficient (Wildman–Crippen LogP) is 1.35. The first-order valence-corrected chi connectivity index (χ1v) is 6.79. The molecule has 3 nitrogen and oxygen atoms in total. The van der Waals surface area contributed by atoms with Gasteiger partial charge < -0.3 is 10.8 Å². The minimum Gasteiger partial charge on any atom is -0.390 e. The zero-order valence-electron chi connectivity index (χ0n) is 10.5. The highest BCUT2D eigenvalue weighted by molar-refractivity contribution is 4.89. The quantitative estimate of drug-likeness (QED) is 0.747. The van der Waals surface area contributed by atoms with Gasteiger partial charge in [0.1, 0.15) is 0 Å². The maximum atomic E-state index is 10.1. The van der Waals surface area contributed by atoms with E-state index in [4.69, 9.17) is 5.73 Å². The Balaban J connectivity index is 1.94. The van der Waals surface area contributed by atoms with E-state index in [9.17, 15) is 5.11 Å². The summed E-state index contributed by atoms with van der Waals surface area (Å²) in [4.78, 5) is 2.59. The highest BCUT2D eigenvalue weighted by Gasteiger charge is 2.34. The van der Waals surface area contributed by atoms with Crippen LogP contribution < -0.4 is 5.73 Å². The summed E-state index contributed by atoms with van der Waals surface area (Å²) in [5, 5.41) is 10.1. The van der Waals surface area contributed by atoms with Crippen molar-refractivity contribution in [1.29, 1.82) is 0 Å². The first kappa shape index (κ1) is 12.3. The van der Waals surface area contributed by atoms with Gasteiger partial charge in [0.2, 0.25) is 0 Å². The summed E-state index contributed by atoms with van der Waals surface area (Å²) >= 11 is 0. The Morgan fingerprint density at radius 2 is 2.06 bits per heavy atom. The van der Waals surface area contributed by atoms with Gasteiger partial charge in [-0.2, -0.15) is 0 Å². The molecule has 1 saturated carbocycles. The van der Waals surface area contributed by atoms with E-state index in [1.807, 2.05) is 6.92 Å². The van der Waals surface area contributed by atoms with Crippen molar-refractivity contribution >= 4 is 0 Å². The second-order valence-electron chi connectivity index (χ2n) is 5.88. The van der Waals surface area contributed by atoms with E-state index in [0.717, 1.165) is 38.9 Å². The van der Waals surface area contributed by atoms with E-state index < -0.39 is 5.60 Å². The lowest BCUT2D eigenvalue weighted by Gasteiger charge is -2.32. The molecule has 16 heavy (non-hydrogen) atoms. The van der Waals surface area contributed by atoms with Crippen molar-refractivity contribution in [3.05, 3.63) is 0 Å². The third-order valence-electron chi connectivity index (χ3n) is 4.49. The molecule has 3 unspecified atom stereocenters. The topological polar surface area (TPSA) is 49.5 Å². The molecular weight excluding hydrogens is 200 g/mol. The van der Waals surface area contributed by atoms with Gasteiger partial charge in [-0.25, -0.2) is 0 Å². The molecule has 0 bridgehead atoms. The lowest BCUT2D eigenvalue weighted by Crippen LogP contribution is -2.41. The SMILES string of the molecule is CC1(O)CCCN(C2CCCC2CN)CC1. The number of aliphatic hydroxyl groups is 1. The van der Waals surface area contributed by atoms with Crippen molar-refractivity contribution in [2.45, 2.75) is 57.1 Å². The molecule has 3 N–H and O–H groups in total. The third kappa shape index (κ3) is 2.76. The molecule has 1 heterocycles. The van der Waals surface area contributed by atoms with Crippen molar-refractivity contribution in [3.8, 4) is 0 Å². The third-order valence-corrected chi connectivity index (χ3v) is 4.49. The van der Waals surface area contributed by atoms with Crippen LogP contribution in [0.2, 0.25) is 0 Å². The molecule has 2 fully saturated rings. The molecule has 0 spiro atoms. The van der Waals surface area contributed by atoms with Gasteiger partial charge in [0, 0.05) is 12.6 Å². The molecule has 0 amide bonds. The number of hydrogen-bond acceptors (Lipinski definition) is 3. The second-order valence-corrected chi connectivity index (χ2v) is 5.88. The number of hydrogen-bond donors (Lipinski definition) is 2. The fourth-order valence-electron chi connectivity index (χ4n) is 3.39. The highest BCUT2D eigenvalue weighted by Crippen LogP contribution is 2.32. The molecule has 94 valence electrons. The summed E-state index contributed by atoms with van der Waals surface area (Å²) in [6, 6.07) is 0.693. The Kier molecular flexibility index (Phi) is 3.88. The van der Waals surface area contributed by atoms with Crippen LogP contribution in [-0.4, -0.2) is 41.3 Å². The minimum absolute atomic E-state index is 0.439. The molecule has 2 aliphatic rings. The van der Waals surface area contributed by atoms with Gasteiger partial charge in [-0.3, -0.25) is 4.90 Å². The molecule has 0 aromatic carbocycles. The highest BCUT2D eigenvalue weighted by atomic mass is 16.3. The van der Waals surface area contributed by atoms with Gasteiger partial charge in [-0.05, 0) is 58.0 Å². The van der Waals surface area contributed by atoms with E-state index in [0.29, 0.717) is 12.0 Å². The molecule has 0 radical (unpaired) electrons. The summed E-state index contributed by atoms with van der Waals surface area (Å²) in [5.74, 6) is 0.697. The van der Waals surface area contributed by atoms with Crippen LogP contribution in [0, 0.1) is 5.92 Å². The molecular formula is C13H26N2O. The smallest absolute Gasteiger partial charge is 0.0632 e. The molecule has 3 heteroatoms. The van der Waals surface area contributed by atoms with Crippen molar-refractivity contribution in [3.63, 3.8) is 0 Å². The van der Waals surface area contributed by atoms with Gasteiger partial charge in [-0.1, -0.05) is 6.42 Å². The van der Waals surface area contributed by atoms with Crippen molar-refractivity contribution in [2.24, 2.45) is 11.7 Å². The fourth-order valence-corrected chi connectivity index (χ4v) is 3.39. The standard InChI is InChI=1S/C13H26N2O/c1-13(16)6-3-8-15(9-7-13)12-5-2-4-11(12)10-14/h11-12,16H,2-10,14H2,1H3. The number of rotatable bonds is 2. The van der Waals surface area contributed by atoms with Crippen molar-refractivity contribution < 1.29 is 5.11 Å². The molecule has 0 aromatic rings. The Morgan fingerprint density at radius 1 is 1.25 bits per heavy atom. The van der Waals surface area contributed by atoms with Crippen LogP contribution in [0.15, 0.2) is 0 Å². The van der Waals surface area contributed by atoms with E-state index in [-0.39, 0.29) is 0 Å². The van der Waals surface area contributed by atoms with Crippen LogP contribution in [0.4, 0.5) is 0 Å². The molecule has 1 saturated heterocycles. The zero-order chi connectivity index (χ0) is 11.6. The lowest BCUT2D eigenvalue weighted by atomic mass is 9.98. The first-order valence-electron chi connectivity index (χ1n) is 6.79. The lowest BCUT2D eigenvalue weighted by molar-refractivity contribution is 0.0420. The van der Waals surface area contributed by atoms with Crippen LogP contribution in [0.3, 0.4) is 0 Å². The molecule has 3 atom stereocenters. The summed E-state index contributed by atoms with van der Waals surface area (Å²) < 4.78 is 0.